The minimum atomic E-state index is -0.253. The van der Waals surface area contributed by atoms with Crippen LogP contribution in [0, 0.1) is 0 Å². The van der Waals surface area contributed by atoms with Gasteiger partial charge in [-0.1, -0.05) is 11.6 Å². The smallest absolute Gasteiger partial charge is 0.281 e. The van der Waals surface area contributed by atoms with Gasteiger partial charge in [-0.15, -0.1) is 0 Å². The summed E-state index contributed by atoms with van der Waals surface area (Å²) in [7, 11) is 0. The van der Waals surface area contributed by atoms with Gasteiger partial charge in [0.2, 0.25) is 0 Å². The molecule has 25 heavy (non-hydrogen) atoms. The molecule has 0 spiro atoms. The largest absolute Gasteiger partial charge is 0.494 e. The highest BCUT2D eigenvalue weighted by molar-refractivity contribution is 7.80. The van der Waals surface area contributed by atoms with Gasteiger partial charge in [-0.05, 0) is 56.4 Å². The average Bonchev–Trinajstić information content (AvgIpc) is 3.09. The number of carbonyl (C=O) groups excluding carboxylic acids is 1. The van der Waals surface area contributed by atoms with E-state index in [-0.39, 0.29) is 5.91 Å². The molecule has 1 aliphatic rings. The predicted molar refractivity (Wildman–Crippen MR) is 102 cm³/mol. The SMILES string of the molecule is CCOc1ccc(N2C(=O)/C(=C\c3nn(CC)cc3Cl)NC2=S)cc1. The molecule has 0 atom stereocenters. The molecule has 1 aromatic heterocycles. The molecule has 6 nitrogen and oxygen atoms in total. The molecule has 2 aromatic rings. The fraction of sp³-hybridized carbons (Fsp3) is 0.235. The van der Waals surface area contributed by atoms with Crippen molar-refractivity contribution in [2.24, 2.45) is 0 Å². The molecule has 1 aromatic carbocycles. The number of aromatic nitrogens is 2. The molecule has 0 aliphatic carbocycles. The lowest BCUT2D eigenvalue weighted by atomic mass is 10.2. The molecular weight excluding hydrogens is 360 g/mol. The van der Waals surface area contributed by atoms with Crippen molar-refractivity contribution in [1.29, 1.82) is 0 Å². The number of anilines is 1. The minimum Gasteiger partial charge on any atom is -0.494 e. The summed E-state index contributed by atoms with van der Waals surface area (Å²) in [6.07, 6.45) is 3.33. The van der Waals surface area contributed by atoms with Crippen LogP contribution in [0.3, 0.4) is 0 Å². The number of thiocarbonyl (C=S) groups is 1. The molecule has 1 saturated heterocycles. The summed E-state index contributed by atoms with van der Waals surface area (Å²) in [4.78, 5) is 14.1. The molecule has 0 unspecified atom stereocenters. The normalized spacial score (nSPS) is 15.8. The van der Waals surface area contributed by atoms with Crippen LogP contribution in [0.1, 0.15) is 19.5 Å². The fourth-order valence-corrected chi connectivity index (χ4v) is 2.94. The van der Waals surface area contributed by atoms with Gasteiger partial charge in [-0.2, -0.15) is 5.10 Å². The number of halogens is 1. The number of nitrogens with zero attached hydrogens (tertiary/aromatic N) is 3. The number of amides is 1. The van der Waals surface area contributed by atoms with Crippen LogP contribution in [0.4, 0.5) is 5.69 Å². The van der Waals surface area contributed by atoms with Crippen molar-refractivity contribution >= 4 is 46.6 Å². The van der Waals surface area contributed by atoms with E-state index in [0.29, 0.717) is 40.4 Å². The molecule has 1 aliphatic heterocycles. The zero-order chi connectivity index (χ0) is 18.0. The van der Waals surface area contributed by atoms with E-state index in [1.54, 1.807) is 41.2 Å². The molecule has 1 N–H and O–H groups in total. The van der Waals surface area contributed by atoms with E-state index in [1.807, 2.05) is 13.8 Å². The van der Waals surface area contributed by atoms with Crippen molar-refractivity contribution < 1.29 is 9.53 Å². The first-order chi connectivity index (χ1) is 12.0. The van der Waals surface area contributed by atoms with Gasteiger partial charge in [0.15, 0.2) is 5.11 Å². The average molecular weight is 377 g/mol. The van der Waals surface area contributed by atoms with E-state index in [1.165, 1.54) is 4.90 Å². The third kappa shape index (κ3) is 3.52. The second-order valence-corrected chi connectivity index (χ2v) is 6.07. The number of hydrogen-bond acceptors (Lipinski definition) is 4. The van der Waals surface area contributed by atoms with E-state index < -0.39 is 0 Å². The predicted octanol–water partition coefficient (Wildman–Crippen LogP) is 3.22. The van der Waals surface area contributed by atoms with Crippen LogP contribution in [-0.2, 0) is 11.3 Å². The van der Waals surface area contributed by atoms with Crippen LogP contribution < -0.4 is 15.0 Å². The summed E-state index contributed by atoms with van der Waals surface area (Å²) < 4.78 is 7.12. The quantitative estimate of drug-likeness (QED) is 0.641. The summed E-state index contributed by atoms with van der Waals surface area (Å²) in [6.45, 7) is 5.15. The summed E-state index contributed by atoms with van der Waals surface area (Å²) in [6, 6.07) is 7.18. The Morgan fingerprint density at radius 1 is 1.32 bits per heavy atom. The van der Waals surface area contributed by atoms with Crippen LogP contribution in [-0.4, -0.2) is 27.4 Å². The maximum atomic E-state index is 12.7. The lowest BCUT2D eigenvalue weighted by molar-refractivity contribution is -0.113. The van der Waals surface area contributed by atoms with E-state index in [4.69, 9.17) is 28.6 Å². The van der Waals surface area contributed by atoms with Crippen molar-refractivity contribution in [2.45, 2.75) is 20.4 Å². The Labute approximate surface area is 156 Å². The lowest BCUT2D eigenvalue weighted by Crippen LogP contribution is -2.30. The molecule has 2 heterocycles. The molecule has 130 valence electrons. The lowest BCUT2D eigenvalue weighted by Gasteiger charge is -2.14. The Kier molecular flexibility index (Phi) is 5.06. The number of ether oxygens (including phenoxy) is 1. The monoisotopic (exact) mass is 376 g/mol. The first-order valence-electron chi connectivity index (χ1n) is 7.86. The maximum absolute atomic E-state index is 12.7. The van der Waals surface area contributed by atoms with Crippen molar-refractivity contribution in [3.05, 3.63) is 46.9 Å². The zero-order valence-electron chi connectivity index (χ0n) is 13.8. The zero-order valence-corrected chi connectivity index (χ0v) is 15.4. The summed E-state index contributed by atoms with van der Waals surface area (Å²) in [5.74, 6) is 0.487. The highest BCUT2D eigenvalue weighted by Crippen LogP contribution is 2.25. The van der Waals surface area contributed by atoms with E-state index in [2.05, 4.69) is 10.4 Å². The van der Waals surface area contributed by atoms with Crippen LogP contribution in [0.15, 0.2) is 36.2 Å². The van der Waals surface area contributed by atoms with Gasteiger partial charge in [0, 0.05) is 12.7 Å². The van der Waals surface area contributed by atoms with E-state index in [0.717, 1.165) is 5.75 Å². The van der Waals surface area contributed by atoms with E-state index >= 15 is 0 Å². The van der Waals surface area contributed by atoms with Gasteiger partial charge in [0.1, 0.15) is 17.1 Å². The number of benzene rings is 1. The third-order valence-corrected chi connectivity index (χ3v) is 4.21. The number of rotatable bonds is 5. The van der Waals surface area contributed by atoms with Gasteiger partial charge in [-0.25, -0.2) is 0 Å². The highest BCUT2D eigenvalue weighted by Gasteiger charge is 2.32. The fourth-order valence-electron chi connectivity index (χ4n) is 2.44. The molecule has 8 heteroatoms. The molecule has 0 saturated carbocycles. The van der Waals surface area contributed by atoms with Gasteiger partial charge in [0.25, 0.3) is 5.91 Å². The molecule has 0 bridgehead atoms. The van der Waals surface area contributed by atoms with Crippen LogP contribution in [0.25, 0.3) is 6.08 Å². The topological polar surface area (TPSA) is 59.4 Å². The summed E-state index contributed by atoms with van der Waals surface area (Å²) in [5, 5.41) is 8.04. The minimum absolute atomic E-state index is 0.253. The number of aryl methyl sites for hydroxylation is 1. The van der Waals surface area contributed by atoms with Crippen LogP contribution in [0.5, 0.6) is 5.75 Å². The summed E-state index contributed by atoms with van der Waals surface area (Å²) >= 11 is 11.5. The van der Waals surface area contributed by atoms with Crippen LogP contribution >= 0.6 is 23.8 Å². The summed E-state index contributed by atoms with van der Waals surface area (Å²) in [5.41, 5.74) is 1.53. The first-order valence-corrected chi connectivity index (χ1v) is 8.65. The Morgan fingerprint density at radius 3 is 2.64 bits per heavy atom. The van der Waals surface area contributed by atoms with Crippen molar-refractivity contribution in [3.8, 4) is 5.75 Å². The Hall–Kier alpha value is -2.38. The second kappa shape index (κ2) is 7.25. The highest BCUT2D eigenvalue weighted by atomic mass is 35.5. The van der Waals surface area contributed by atoms with Crippen molar-refractivity contribution in [3.63, 3.8) is 0 Å². The number of nitrogens with one attached hydrogen (secondary N) is 1. The van der Waals surface area contributed by atoms with Gasteiger partial charge < -0.3 is 10.1 Å². The standard InChI is InChI=1S/C17H17ClN4O2S/c1-3-21-10-13(18)14(20-21)9-15-16(23)22(17(25)19-15)11-5-7-12(8-6-11)24-4-2/h5-10H,3-4H2,1-2H3,(H,19,25)/b15-9+. The first kappa shape index (κ1) is 17.4. The van der Waals surface area contributed by atoms with Gasteiger partial charge >= 0.3 is 0 Å². The Morgan fingerprint density at radius 2 is 2.04 bits per heavy atom. The van der Waals surface area contributed by atoms with Gasteiger partial charge in [0.05, 0.1) is 17.3 Å². The molecule has 1 fully saturated rings. The molecule has 0 radical (unpaired) electrons. The van der Waals surface area contributed by atoms with Crippen LogP contribution in [0.2, 0.25) is 5.02 Å². The third-order valence-electron chi connectivity index (χ3n) is 3.63. The van der Waals surface area contributed by atoms with E-state index in [9.17, 15) is 4.79 Å². The second-order valence-electron chi connectivity index (χ2n) is 5.27. The Balaban J connectivity index is 1.86. The maximum Gasteiger partial charge on any atom is 0.281 e. The number of carbonyl (C=O) groups is 1. The molecule has 1 amide bonds. The molecular formula is C17H17ClN4O2S. The van der Waals surface area contributed by atoms with Crippen molar-refractivity contribution in [2.75, 3.05) is 11.5 Å². The molecule has 3 rings (SSSR count). The van der Waals surface area contributed by atoms with Gasteiger partial charge in [-0.3, -0.25) is 14.4 Å². The number of hydrogen-bond donors (Lipinski definition) is 1. The van der Waals surface area contributed by atoms with Crippen molar-refractivity contribution in [1.82, 2.24) is 15.1 Å². The Bertz CT molecular complexity index is 845.